The van der Waals surface area contributed by atoms with E-state index in [1.54, 1.807) is 38.5 Å². The molecule has 2 aliphatic rings. The normalized spacial score (nSPS) is 21.5. The van der Waals surface area contributed by atoms with Gasteiger partial charge in [0.25, 0.3) is 11.8 Å². The number of carbonyl (C=O) groups is 2. The van der Waals surface area contributed by atoms with E-state index in [2.05, 4.69) is 0 Å². The van der Waals surface area contributed by atoms with Crippen LogP contribution in [0.4, 0.5) is 0 Å². The quantitative estimate of drug-likeness (QED) is 0.817. The van der Waals surface area contributed by atoms with Crippen LogP contribution in [-0.4, -0.2) is 44.1 Å². The van der Waals surface area contributed by atoms with Crippen LogP contribution in [-0.2, 0) is 0 Å². The number of carbonyl (C=O) groups excluding carboxylic acids is 2. The first kappa shape index (κ1) is 17.5. The van der Waals surface area contributed by atoms with E-state index in [1.165, 1.54) is 9.80 Å². The number of quaternary nitrogens is 1. The van der Waals surface area contributed by atoms with Gasteiger partial charge in [0.1, 0.15) is 17.5 Å². The van der Waals surface area contributed by atoms with Gasteiger partial charge in [0.2, 0.25) is 0 Å². The topological polar surface area (TPSA) is 60.3 Å². The van der Waals surface area contributed by atoms with Gasteiger partial charge < -0.3 is 14.4 Å². The molecule has 0 aliphatic carbocycles. The van der Waals surface area contributed by atoms with Gasteiger partial charge in [-0.2, -0.15) is 0 Å². The van der Waals surface area contributed by atoms with Gasteiger partial charge in [0.05, 0.1) is 37.5 Å². The predicted octanol–water partition coefficient (Wildman–Crippen LogP) is 1.68. The number of hydrogen-bond acceptors (Lipinski definition) is 4. The van der Waals surface area contributed by atoms with E-state index in [0.29, 0.717) is 17.8 Å². The summed E-state index contributed by atoms with van der Waals surface area (Å²) in [6, 6.07) is 13.0. The van der Waals surface area contributed by atoms with Crippen molar-refractivity contribution in [3.05, 3.63) is 59.2 Å². The Hall–Kier alpha value is -2.86. The van der Waals surface area contributed by atoms with Crippen LogP contribution in [0.3, 0.4) is 0 Å². The highest BCUT2D eigenvalue weighted by Crippen LogP contribution is 2.32. The van der Waals surface area contributed by atoms with Gasteiger partial charge >= 0.3 is 0 Å². The first-order valence-electron chi connectivity index (χ1n) is 9.15. The van der Waals surface area contributed by atoms with Crippen molar-refractivity contribution in [2.75, 3.05) is 27.4 Å². The van der Waals surface area contributed by atoms with Crippen molar-refractivity contribution in [2.24, 2.45) is 0 Å². The Morgan fingerprint density at radius 3 is 2.37 bits per heavy atom. The Bertz CT molecular complexity index is 861. The first-order valence-corrected chi connectivity index (χ1v) is 9.15. The molecule has 4 rings (SSSR count). The van der Waals surface area contributed by atoms with Crippen LogP contribution in [0.1, 0.15) is 45.2 Å². The molecule has 140 valence electrons. The van der Waals surface area contributed by atoms with Crippen LogP contribution in [0.15, 0.2) is 42.5 Å². The molecule has 2 amide bonds. The molecule has 0 bridgehead atoms. The fourth-order valence-electron chi connectivity index (χ4n) is 4.17. The smallest absolute Gasteiger partial charge is 0.265 e. The second-order valence-electron chi connectivity index (χ2n) is 6.95. The lowest BCUT2D eigenvalue weighted by Gasteiger charge is -2.26. The minimum Gasteiger partial charge on any atom is -0.497 e. The minimum absolute atomic E-state index is 0.176. The maximum atomic E-state index is 12.7. The maximum Gasteiger partial charge on any atom is 0.265 e. The third-order valence-electron chi connectivity index (χ3n) is 5.54. The Labute approximate surface area is 158 Å². The number of fused-ring (bicyclic) bond motifs is 1. The zero-order valence-electron chi connectivity index (χ0n) is 15.5. The van der Waals surface area contributed by atoms with E-state index < -0.39 is 0 Å². The van der Waals surface area contributed by atoms with Gasteiger partial charge in [0, 0.05) is 18.9 Å². The van der Waals surface area contributed by atoms with Crippen molar-refractivity contribution in [1.29, 1.82) is 0 Å². The van der Waals surface area contributed by atoms with E-state index in [1.807, 2.05) is 18.2 Å². The number of hydrogen-bond donors (Lipinski definition) is 1. The Morgan fingerprint density at radius 1 is 1.04 bits per heavy atom. The van der Waals surface area contributed by atoms with Gasteiger partial charge in [-0.3, -0.25) is 9.59 Å². The molecule has 1 N–H and O–H groups in total. The molecule has 6 heteroatoms. The second-order valence-corrected chi connectivity index (χ2v) is 6.95. The van der Waals surface area contributed by atoms with Crippen LogP contribution in [0.2, 0.25) is 0 Å². The third-order valence-corrected chi connectivity index (χ3v) is 5.54. The molecule has 6 nitrogen and oxygen atoms in total. The zero-order chi connectivity index (χ0) is 19.0. The molecule has 27 heavy (non-hydrogen) atoms. The summed E-state index contributed by atoms with van der Waals surface area (Å²) in [5.41, 5.74) is 2.08. The van der Waals surface area contributed by atoms with Gasteiger partial charge in [-0.15, -0.1) is 0 Å². The van der Waals surface area contributed by atoms with Crippen molar-refractivity contribution >= 4 is 11.8 Å². The molecule has 2 aliphatic heterocycles. The van der Waals surface area contributed by atoms with Gasteiger partial charge in [-0.1, -0.05) is 12.1 Å². The standard InChI is InChI=1S/C21H22N2O4/c1-26-14-9-10-17(19(12-14)27-2)18-8-5-11-22(18)13-23-20(24)15-6-3-4-7-16(15)21(23)25/h3-4,6-7,9-10,12,18H,5,8,11,13H2,1-2H3/p+1/t18-/m1/s1. The fraction of sp³-hybridized carbons (Fsp3) is 0.333. The molecule has 2 atom stereocenters. The number of nitrogens with zero attached hydrogens (tertiary/aromatic N) is 1. The highest BCUT2D eigenvalue weighted by molar-refractivity contribution is 6.21. The number of amides is 2. The van der Waals surface area contributed by atoms with E-state index in [-0.39, 0.29) is 17.9 Å². The summed E-state index contributed by atoms with van der Waals surface area (Å²) in [5, 5.41) is 0. The van der Waals surface area contributed by atoms with Crippen molar-refractivity contribution in [1.82, 2.24) is 4.90 Å². The molecule has 2 heterocycles. The third kappa shape index (κ3) is 2.96. The highest BCUT2D eigenvalue weighted by Gasteiger charge is 2.41. The van der Waals surface area contributed by atoms with Gasteiger partial charge in [-0.05, 0) is 24.3 Å². The van der Waals surface area contributed by atoms with Crippen molar-refractivity contribution in [3.63, 3.8) is 0 Å². The monoisotopic (exact) mass is 367 g/mol. The Morgan fingerprint density at radius 2 is 1.74 bits per heavy atom. The summed E-state index contributed by atoms with van der Waals surface area (Å²) < 4.78 is 10.9. The maximum absolute atomic E-state index is 12.7. The van der Waals surface area contributed by atoms with E-state index in [0.717, 1.165) is 36.4 Å². The average Bonchev–Trinajstić information content (AvgIpc) is 3.26. The SMILES string of the molecule is COc1ccc([C@H]2CCC[NH+]2CN2C(=O)c3ccccc3C2=O)c(OC)c1. The number of likely N-dealkylation sites (tertiary alicyclic amines) is 1. The van der Waals surface area contributed by atoms with Crippen LogP contribution in [0, 0.1) is 0 Å². The molecule has 0 spiro atoms. The second kappa shape index (κ2) is 7.04. The average molecular weight is 367 g/mol. The fourth-order valence-corrected chi connectivity index (χ4v) is 4.17. The summed E-state index contributed by atoms with van der Waals surface area (Å²) >= 11 is 0. The first-order chi connectivity index (χ1) is 13.1. The molecule has 2 aromatic rings. The van der Waals surface area contributed by atoms with E-state index >= 15 is 0 Å². The predicted molar refractivity (Wildman–Crippen MR) is 99.2 cm³/mol. The van der Waals surface area contributed by atoms with E-state index in [9.17, 15) is 9.59 Å². The summed E-state index contributed by atoms with van der Waals surface area (Å²) in [7, 11) is 3.28. The number of imide groups is 1. The number of benzene rings is 2. The number of methoxy groups -OCH3 is 2. The molecule has 1 fully saturated rings. The lowest BCUT2D eigenvalue weighted by Crippen LogP contribution is -3.12. The van der Waals surface area contributed by atoms with E-state index in [4.69, 9.17) is 9.47 Å². The highest BCUT2D eigenvalue weighted by atomic mass is 16.5. The van der Waals surface area contributed by atoms with Crippen LogP contribution < -0.4 is 14.4 Å². The molecular weight excluding hydrogens is 344 g/mol. The molecule has 0 saturated carbocycles. The van der Waals surface area contributed by atoms with Crippen LogP contribution in [0.25, 0.3) is 0 Å². The van der Waals surface area contributed by atoms with Crippen molar-refractivity contribution in [2.45, 2.75) is 18.9 Å². The Balaban J connectivity index is 1.59. The molecule has 1 saturated heterocycles. The lowest BCUT2D eigenvalue weighted by molar-refractivity contribution is -0.925. The molecular formula is C21H23N2O4+. The van der Waals surface area contributed by atoms with Crippen LogP contribution >= 0.6 is 0 Å². The van der Waals surface area contributed by atoms with Gasteiger partial charge in [-0.25, -0.2) is 4.90 Å². The number of ether oxygens (including phenoxy) is 2. The molecule has 1 unspecified atom stereocenters. The van der Waals surface area contributed by atoms with Crippen molar-refractivity contribution in [3.8, 4) is 11.5 Å². The molecule has 0 aromatic heterocycles. The summed E-state index contributed by atoms with van der Waals surface area (Å²) in [5.74, 6) is 1.13. The summed E-state index contributed by atoms with van der Waals surface area (Å²) in [6.45, 7) is 1.28. The Kier molecular flexibility index (Phi) is 4.58. The van der Waals surface area contributed by atoms with Crippen LogP contribution in [0.5, 0.6) is 11.5 Å². The minimum atomic E-state index is -0.199. The van der Waals surface area contributed by atoms with Crippen molar-refractivity contribution < 1.29 is 24.0 Å². The summed E-state index contributed by atoms with van der Waals surface area (Å²) in [4.78, 5) is 28.0. The summed E-state index contributed by atoms with van der Waals surface area (Å²) in [6.07, 6.45) is 2.03. The largest absolute Gasteiger partial charge is 0.497 e. The van der Waals surface area contributed by atoms with Gasteiger partial charge in [0.15, 0.2) is 6.67 Å². The number of rotatable bonds is 5. The molecule has 0 radical (unpaired) electrons. The number of nitrogens with one attached hydrogen (secondary N) is 1. The zero-order valence-corrected chi connectivity index (χ0v) is 15.5. The lowest BCUT2D eigenvalue weighted by atomic mass is 10.0. The molecule has 2 aromatic carbocycles.